The van der Waals surface area contributed by atoms with Gasteiger partial charge in [-0.15, -0.1) is 0 Å². The predicted octanol–water partition coefficient (Wildman–Crippen LogP) is 5.38. The number of urea groups is 1. The van der Waals surface area contributed by atoms with Crippen LogP contribution in [0.4, 0.5) is 10.5 Å². The maximum absolute atomic E-state index is 13.7. The lowest BCUT2D eigenvalue weighted by Gasteiger charge is -2.34. The van der Waals surface area contributed by atoms with Crippen molar-refractivity contribution in [3.8, 4) is 0 Å². The van der Waals surface area contributed by atoms with Crippen LogP contribution >= 0.6 is 0 Å². The standard InChI is InChI=1S/C48H77N7O10/c1-9-47(7,54-39(57)16-12-11-13-27-55-40(58)29-36(44(55)61)34-19-20-34)25-28-65-48(8,10-2)24-23-38(56)53-41(31(3)4)43(60)52-37(15-14-26-50-46(49)63)42(59)51-35-21-17-33(18-22-35)30-64-45(62)32(5)6/h17-18,21-22,31-32,34,36-37,41H,9-16,19-20,23-30H2,1-8H3,(H,51,59)(H,52,60)(H,53,56)(H,54,57)(H3,49,50,63)/t36?,37-,41-,47?,48?/m0/s1. The number of hydrogen-bond donors (Lipinski definition) is 6. The fraction of sp³-hybridized carbons (Fsp3) is 0.708. The summed E-state index contributed by atoms with van der Waals surface area (Å²) >= 11 is 0. The van der Waals surface area contributed by atoms with Crippen LogP contribution in [0.1, 0.15) is 151 Å². The molecule has 0 bridgehead atoms. The van der Waals surface area contributed by atoms with Gasteiger partial charge in [0, 0.05) is 50.2 Å². The molecule has 2 aliphatic rings. The van der Waals surface area contributed by atoms with Gasteiger partial charge in [0.1, 0.15) is 18.7 Å². The summed E-state index contributed by atoms with van der Waals surface area (Å²) in [4.78, 5) is 103. The molecule has 3 unspecified atom stereocenters. The first-order valence-electron chi connectivity index (χ1n) is 23.7. The number of ether oxygens (including phenoxy) is 2. The minimum Gasteiger partial charge on any atom is -0.461 e. The average molecular weight is 912 g/mol. The van der Waals surface area contributed by atoms with Gasteiger partial charge >= 0.3 is 12.0 Å². The van der Waals surface area contributed by atoms with Gasteiger partial charge in [0.25, 0.3) is 0 Å². The molecule has 1 aliphatic heterocycles. The van der Waals surface area contributed by atoms with E-state index in [4.69, 9.17) is 15.2 Å². The molecule has 1 saturated carbocycles. The number of amides is 8. The predicted molar refractivity (Wildman–Crippen MR) is 247 cm³/mol. The van der Waals surface area contributed by atoms with Crippen LogP contribution in [0.15, 0.2) is 24.3 Å². The Bertz CT molecular complexity index is 1780. The average Bonchev–Trinajstić information content (AvgIpc) is 4.06. The Hall–Kier alpha value is -5.06. The quantitative estimate of drug-likeness (QED) is 0.0327. The molecule has 1 aliphatic carbocycles. The van der Waals surface area contributed by atoms with Gasteiger partial charge in [-0.2, -0.15) is 0 Å². The molecule has 65 heavy (non-hydrogen) atoms. The summed E-state index contributed by atoms with van der Waals surface area (Å²) in [6.07, 6.45) is 7.65. The Labute approximate surface area is 385 Å². The number of primary amides is 1. The monoisotopic (exact) mass is 912 g/mol. The van der Waals surface area contributed by atoms with Crippen molar-refractivity contribution in [2.24, 2.45) is 29.4 Å². The number of carbonyl (C=O) groups is 8. The molecule has 364 valence electrons. The van der Waals surface area contributed by atoms with Gasteiger partial charge in [0.05, 0.1) is 17.4 Å². The minimum atomic E-state index is -1.01. The number of carbonyl (C=O) groups excluding carboxylic acids is 8. The van der Waals surface area contributed by atoms with E-state index in [9.17, 15) is 38.4 Å². The third-order valence-corrected chi connectivity index (χ3v) is 12.7. The summed E-state index contributed by atoms with van der Waals surface area (Å²) in [5.41, 5.74) is 5.24. The van der Waals surface area contributed by atoms with Crippen LogP contribution in [-0.4, -0.2) is 95.3 Å². The molecule has 5 atom stereocenters. The third kappa shape index (κ3) is 18.8. The number of benzene rings is 1. The molecule has 1 saturated heterocycles. The number of nitrogens with two attached hydrogens (primary N) is 1. The van der Waals surface area contributed by atoms with E-state index in [1.54, 1.807) is 52.0 Å². The molecule has 17 nitrogen and oxygen atoms in total. The van der Waals surface area contributed by atoms with Crippen molar-refractivity contribution in [2.75, 3.05) is 25.0 Å². The number of rotatable bonds is 30. The first kappa shape index (κ1) is 54.3. The van der Waals surface area contributed by atoms with Gasteiger partial charge in [-0.05, 0) is 108 Å². The van der Waals surface area contributed by atoms with Crippen LogP contribution in [-0.2, 0) is 49.6 Å². The Balaban J connectivity index is 1.47. The molecule has 17 heteroatoms. The number of imide groups is 1. The second-order valence-electron chi connectivity index (χ2n) is 18.9. The second-order valence-corrected chi connectivity index (χ2v) is 18.9. The highest BCUT2D eigenvalue weighted by atomic mass is 16.5. The smallest absolute Gasteiger partial charge is 0.312 e. The fourth-order valence-corrected chi connectivity index (χ4v) is 7.58. The van der Waals surface area contributed by atoms with Gasteiger partial charge in [-0.1, -0.05) is 60.1 Å². The highest BCUT2D eigenvalue weighted by Gasteiger charge is 2.46. The molecular weight excluding hydrogens is 835 g/mol. The van der Waals surface area contributed by atoms with E-state index in [0.717, 1.165) is 24.8 Å². The summed E-state index contributed by atoms with van der Waals surface area (Å²) in [5.74, 6) is -2.18. The van der Waals surface area contributed by atoms with Crippen LogP contribution in [0.5, 0.6) is 0 Å². The minimum absolute atomic E-state index is 0.0246. The summed E-state index contributed by atoms with van der Waals surface area (Å²) in [5, 5.41) is 14.1. The lowest BCUT2D eigenvalue weighted by Crippen LogP contribution is -2.54. The molecule has 3 rings (SSSR count). The number of unbranched alkanes of at least 4 members (excludes halogenated alkanes) is 2. The zero-order chi connectivity index (χ0) is 48.3. The van der Waals surface area contributed by atoms with Crippen LogP contribution in [0, 0.1) is 23.7 Å². The van der Waals surface area contributed by atoms with Crippen molar-refractivity contribution >= 4 is 53.1 Å². The summed E-state index contributed by atoms with van der Waals surface area (Å²) in [6.45, 7) is 16.0. The number of anilines is 1. The highest BCUT2D eigenvalue weighted by Crippen LogP contribution is 2.42. The topological polar surface area (TPSA) is 244 Å². The number of likely N-dealkylation sites (tertiary alicyclic amines) is 1. The summed E-state index contributed by atoms with van der Waals surface area (Å²) < 4.78 is 11.6. The van der Waals surface area contributed by atoms with Crippen molar-refractivity contribution in [2.45, 2.75) is 175 Å². The normalized spacial score (nSPS) is 17.8. The Morgan fingerprint density at radius 3 is 2.14 bits per heavy atom. The zero-order valence-electron chi connectivity index (χ0n) is 40.1. The van der Waals surface area contributed by atoms with E-state index in [-0.39, 0.29) is 73.3 Å². The number of esters is 1. The van der Waals surface area contributed by atoms with E-state index < -0.39 is 41.1 Å². The molecule has 0 aromatic heterocycles. The molecule has 0 radical (unpaired) electrons. The number of nitrogens with one attached hydrogen (secondary N) is 5. The molecule has 0 spiro atoms. The van der Waals surface area contributed by atoms with Crippen molar-refractivity contribution in [3.05, 3.63) is 29.8 Å². The van der Waals surface area contributed by atoms with E-state index in [2.05, 4.69) is 26.6 Å². The van der Waals surface area contributed by atoms with E-state index >= 15 is 0 Å². The lowest BCUT2D eigenvalue weighted by atomic mass is 9.93. The maximum Gasteiger partial charge on any atom is 0.312 e. The van der Waals surface area contributed by atoms with Crippen molar-refractivity contribution < 1.29 is 47.8 Å². The molecule has 2 fully saturated rings. The summed E-state index contributed by atoms with van der Waals surface area (Å²) in [6, 6.07) is 4.10. The van der Waals surface area contributed by atoms with Crippen LogP contribution in [0.2, 0.25) is 0 Å². The van der Waals surface area contributed by atoms with Gasteiger partial charge in [-0.3, -0.25) is 38.5 Å². The SMILES string of the molecule is CCC(C)(CCOC(C)(CC)CCC(=O)N[C@H](C(=O)N[C@@H](CCCNC(N)=O)C(=O)Nc1ccc(COC(=O)C(C)C)cc1)C(C)C)NC(=O)CCCCCN1C(=O)CC(C2CC2)C1=O. The largest absolute Gasteiger partial charge is 0.461 e. The van der Waals surface area contributed by atoms with E-state index in [1.165, 1.54) is 4.90 Å². The molecule has 1 aromatic carbocycles. The molecule has 8 amide bonds. The van der Waals surface area contributed by atoms with Crippen LogP contribution in [0.25, 0.3) is 0 Å². The second kappa shape index (κ2) is 26.2. The Morgan fingerprint density at radius 2 is 1.54 bits per heavy atom. The van der Waals surface area contributed by atoms with Crippen molar-refractivity contribution in [1.82, 2.24) is 26.2 Å². The van der Waals surface area contributed by atoms with Crippen molar-refractivity contribution in [3.63, 3.8) is 0 Å². The molecular formula is C48H77N7O10. The fourth-order valence-electron chi connectivity index (χ4n) is 7.58. The van der Waals surface area contributed by atoms with Gasteiger partial charge in [0.15, 0.2) is 0 Å². The molecule has 7 N–H and O–H groups in total. The zero-order valence-corrected chi connectivity index (χ0v) is 40.1. The number of hydrogen-bond acceptors (Lipinski definition) is 10. The van der Waals surface area contributed by atoms with Crippen LogP contribution in [0.3, 0.4) is 0 Å². The Morgan fingerprint density at radius 1 is 0.846 bits per heavy atom. The van der Waals surface area contributed by atoms with E-state index in [1.807, 2.05) is 27.7 Å². The van der Waals surface area contributed by atoms with Gasteiger partial charge in [0.2, 0.25) is 35.4 Å². The molecule has 1 aromatic rings. The maximum atomic E-state index is 13.7. The lowest BCUT2D eigenvalue weighted by molar-refractivity contribution is -0.148. The first-order valence-corrected chi connectivity index (χ1v) is 23.7. The Kier molecular flexibility index (Phi) is 21.9. The summed E-state index contributed by atoms with van der Waals surface area (Å²) in [7, 11) is 0. The molecule has 1 heterocycles. The first-order chi connectivity index (χ1) is 30.7. The van der Waals surface area contributed by atoms with E-state index in [0.29, 0.717) is 82.5 Å². The van der Waals surface area contributed by atoms with Crippen LogP contribution < -0.4 is 32.3 Å². The van der Waals surface area contributed by atoms with Gasteiger partial charge in [-0.25, -0.2) is 4.79 Å². The number of nitrogens with zero attached hydrogens (tertiary/aromatic N) is 1. The van der Waals surface area contributed by atoms with Gasteiger partial charge < -0.3 is 41.8 Å². The highest BCUT2D eigenvalue weighted by molar-refractivity contribution is 6.03. The third-order valence-electron chi connectivity index (χ3n) is 12.7. The van der Waals surface area contributed by atoms with Crippen molar-refractivity contribution in [1.29, 1.82) is 0 Å².